The molecule has 0 spiro atoms. The summed E-state index contributed by atoms with van der Waals surface area (Å²) in [5.74, 6) is 0.990. The van der Waals surface area contributed by atoms with Crippen molar-refractivity contribution < 1.29 is 0 Å². The number of hydrogen-bond acceptors (Lipinski definition) is 0. The van der Waals surface area contributed by atoms with Crippen LogP contribution >= 0.6 is 15.9 Å². The van der Waals surface area contributed by atoms with Crippen LogP contribution in [0, 0.1) is 19.8 Å². The summed E-state index contributed by atoms with van der Waals surface area (Å²) in [6, 6.07) is 6.80. The van der Waals surface area contributed by atoms with Gasteiger partial charge in [-0.2, -0.15) is 0 Å². The molecule has 0 aromatic heterocycles. The average molecular weight is 309 g/mol. The highest BCUT2D eigenvalue weighted by molar-refractivity contribution is 9.09. The fourth-order valence-electron chi connectivity index (χ4n) is 3.11. The zero-order chi connectivity index (χ0) is 13.0. The van der Waals surface area contributed by atoms with E-state index in [2.05, 4.69) is 48.0 Å². The number of halogens is 1. The molecular weight excluding hydrogens is 284 g/mol. The molecule has 1 fully saturated rings. The zero-order valence-electron chi connectivity index (χ0n) is 11.7. The minimum absolute atomic E-state index is 0.541. The standard InChI is InChI=1S/C17H25Br/c1-13-8-9-14(2)16(12-13)17(18)11-10-15-6-4-3-5-7-15/h8-9,12,15,17H,3-7,10-11H2,1-2H3. The molecule has 1 atom stereocenters. The molecular formula is C17H25Br. The minimum Gasteiger partial charge on any atom is -0.0839 e. The fraction of sp³-hybridized carbons (Fsp3) is 0.647. The quantitative estimate of drug-likeness (QED) is 0.589. The van der Waals surface area contributed by atoms with Gasteiger partial charge in [-0.1, -0.05) is 71.8 Å². The van der Waals surface area contributed by atoms with Crippen LogP contribution in [0.2, 0.25) is 0 Å². The lowest BCUT2D eigenvalue weighted by Gasteiger charge is -2.23. The van der Waals surface area contributed by atoms with Crippen LogP contribution in [-0.4, -0.2) is 0 Å². The van der Waals surface area contributed by atoms with Crippen molar-refractivity contribution in [1.82, 2.24) is 0 Å². The third-order valence-corrected chi connectivity index (χ3v) is 5.28. The third kappa shape index (κ3) is 3.85. The van der Waals surface area contributed by atoms with Gasteiger partial charge in [-0.3, -0.25) is 0 Å². The Morgan fingerprint density at radius 2 is 1.89 bits per heavy atom. The van der Waals surface area contributed by atoms with Gasteiger partial charge in [0.25, 0.3) is 0 Å². The van der Waals surface area contributed by atoms with E-state index in [1.807, 2.05) is 0 Å². The van der Waals surface area contributed by atoms with E-state index >= 15 is 0 Å². The Morgan fingerprint density at radius 3 is 2.61 bits per heavy atom. The van der Waals surface area contributed by atoms with E-state index in [1.165, 1.54) is 61.6 Å². The van der Waals surface area contributed by atoms with Gasteiger partial charge in [0, 0.05) is 4.83 Å². The first kappa shape index (κ1) is 14.1. The highest BCUT2D eigenvalue weighted by Gasteiger charge is 2.16. The molecule has 2 rings (SSSR count). The molecule has 0 N–H and O–H groups in total. The highest BCUT2D eigenvalue weighted by atomic mass is 79.9. The summed E-state index contributed by atoms with van der Waals surface area (Å²) in [5.41, 5.74) is 4.29. The maximum atomic E-state index is 3.90. The number of aryl methyl sites for hydroxylation is 2. The van der Waals surface area contributed by atoms with Crippen molar-refractivity contribution in [2.75, 3.05) is 0 Å². The van der Waals surface area contributed by atoms with E-state index < -0.39 is 0 Å². The van der Waals surface area contributed by atoms with Crippen LogP contribution in [-0.2, 0) is 0 Å². The van der Waals surface area contributed by atoms with Crippen molar-refractivity contribution in [2.45, 2.75) is 63.6 Å². The van der Waals surface area contributed by atoms with Crippen LogP contribution in [0.4, 0.5) is 0 Å². The fourth-order valence-corrected chi connectivity index (χ4v) is 3.87. The molecule has 0 nitrogen and oxygen atoms in total. The summed E-state index contributed by atoms with van der Waals surface area (Å²) >= 11 is 3.90. The van der Waals surface area contributed by atoms with E-state index in [0.717, 1.165) is 5.92 Å². The summed E-state index contributed by atoms with van der Waals surface area (Å²) in [6.45, 7) is 4.41. The van der Waals surface area contributed by atoms with Gasteiger partial charge in [-0.15, -0.1) is 0 Å². The topological polar surface area (TPSA) is 0 Å². The number of rotatable bonds is 4. The molecule has 0 amide bonds. The molecule has 1 saturated carbocycles. The van der Waals surface area contributed by atoms with Crippen LogP contribution in [0.1, 0.15) is 66.5 Å². The number of hydrogen-bond donors (Lipinski definition) is 0. The van der Waals surface area contributed by atoms with E-state index in [9.17, 15) is 0 Å². The second-order valence-electron chi connectivity index (χ2n) is 5.91. The van der Waals surface area contributed by atoms with E-state index in [4.69, 9.17) is 0 Å². The second kappa shape index (κ2) is 6.75. The van der Waals surface area contributed by atoms with Gasteiger partial charge in [0.15, 0.2) is 0 Å². The Labute approximate surface area is 120 Å². The first-order valence-electron chi connectivity index (χ1n) is 7.38. The first-order chi connectivity index (χ1) is 8.66. The summed E-state index contributed by atoms with van der Waals surface area (Å²) in [4.78, 5) is 0.541. The van der Waals surface area contributed by atoms with Crippen LogP contribution < -0.4 is 0 Å². The smallest absolute Gasteiger partial charge is 0.0398 e. The van der Waals surface area contributed by atoms with Gasteiger partial charge in [-0.25, -0.2) is 0 Å². The van der Waals surface area contributed by atoms with Gasteiger partial charge in [0.05, 0.1) is 0 Å². The summed E-state index contributed by atoms with van der Waals surface area (Å²) < 4.78 is 0. The lowest BCUT2D eigenvalue weighted by Crippen LogP contribution is -2.07. The molecule has 0 heterocycles. The first-order valence-corrected chi connectivity index (χ1v) is 8.29. The maximum absolute atomic E-state index is 3.90. The van der Waals surface area contributed by atoms with Gasteiger partial charge >= 0.3 is 0 Å². The van der Waals surface area contributed by atoms with E-state index in [-0.39, 0.29) is 0 Å². The Bertz CT molecular complexity index is 377. The molecule has 1 aliphatic rings. The highest BCUT2D eigenvalue weighted by Crippen LogP contribution is 2.35. The monoisotopic (exact) mass is 308 g/mol. The van der Waals surface area contributed by atoms with Crippen molar-refractivity contribution >= 4 is 15.9 Å². The van der Waals surface area contributed by atoms with Gasteiger partial charge in [0.2, 0.25) is 0 Å². The SMILES string of the molecule is Cc1ccc(C)c(C(Br)CCC2CCCCC2)c1. The number of benzene rings is 1. The second-order valence-corrected chi connectivity index (χ2v) is 7.01. The van der Waals surface area contributed by atoms with Crippen molar-refractivity contribution in [3.63, 3.8) is 0 Å². The summed E-state index contributed by atoms with van der Waals surface area (Å²) in [6.07, 6.45) is 9.99. The Morgan fingerprint density at radius 1 is 1.17 bits per heavy atom. The molecule has 1 aromatic rings. The van der Waals surface area contributed by atoms with Gasteiger partial charge in [0.1, 0.15) is 0 Å². The maximum Gasteiger partial charge on any atom is 0.0398 e. The molecule has 1 aromatic carbocycles. The Kier molecular flexibility index (Phi) is 5.29. The van der Waals surface area contributed by atoms with Crippen LogP contribution in [0.3, 0.4) is 0 Å². The molecule has 1 heteroatoms. The molecule has 0 aliphatic heterocycles. The Balaban J connectivity index is 1.90. The lowest BCUT2D eigenvalue weighted by molar-refractivity contribution is 0.332. The summed E-state index contributed by atoms with van der Waals surface area (Å²) in [7, 11) is 0. The summed E-state index contributed by atoms with van der Waals surface area (Å²) in [5, 5.41) is 0. The van der Waals surface area contributed by atoms with Crippen molar-refractivity contribution in [2.24, 2.45) is 5.92 Å². The van der Waals surface area contributed by atoms with Crippen molar-refractivity contribution in [3.8, 4) is 0 Å². The minimum atomic E-state index is 0.541. The molecule has 100 valence electrons. The van der Waals surface area contributed by atoms with Gasteiger partial charge < -0.3 is 0 Å². The number of alkyl halides is 1. The van der Waals surface area contributed by atoms with Gasteiger partial charge in [-0.05, 0) is 43.7 Å². The lowest BCUT2D eigenvalue weighted by atomic mass is 9.85. The third-order valence-electron chi connectivity index (χ3n) is 4.33. The van der Waals surface area contributed by atoms with Crippen molar-refractivity contribution in [3.05, 3.63) is 34.9 Å². The predicted octanol–water partition coefficient (Wildman–Crippen LogP) is 6.10. The largest absolute Gasteiger partial charge is 0.0839 e. The molecule has 0 saturated heterocycles. The van der Waals surface area contributed by atoms with Crippen LogP contribution in [0.25, 0.3) is 0 Å². The predicted molar refractivity (Wildman–Crippen MR) is 83.4 cm³/mol. The molecule has 1 aliphatic carbocycles. The zero-order valence-corrected chi connectivity index (χ0v) is 13.3. The normalized spacial score (nSPS) is 18.8. The average Bonchev–Trinajstić information content (AvgIpc) is 2.40. The Hall–Kier alpha value is -0.300. The molecule has 1 unspecified atom stereocenters. The van der Waals surface area contributed by atoms with E-state index in [0.29, 0.717) is 4.83 Å². The molecule has 18 heavy (non-hydrogen) atoms. The van der Waals surface area contributed by atoms with E-state index in [1.54, 1.807) is 0 Å². The van der Waals surface area contributed by atoms with Crippen LogP contribution in [0.15, 0.2) is 18.2 Å². The molecule has 0 radical (unpaired) electrons. The van der Waals surface area contributed by atoms with Crippen molar-refractivity contribution in [1.29, 1.82) is 0 Å². The molecule has 0 bridgehead atoms. The van der Waals surface area contributed by atoms with Crippen LogP contribution in [0.5, 0.6) is 0 Å².